The van der Waals surface area contributed by atoms with Crippen LogP contribution in [-0.4, -0.2) is 44.3 Å². The quantitative estimate of drug-likeness (QED) is 0.637. The van der Waals surface area contributed by atoms with Crippen LogP contribution in [0.15, 0.2) is 58.3 Å². The molecule has 6 nitrogen and oxygen atoms in total. The van der Waals surface area contributed by atoms with Gasteiger partial charge in [-0.2, -0.15) is 0 Å². The topological polar surface area (TPSA) is 75.0 Å². The van der Waals surface area contributed by atoms with E-state index < -0.39 is 0 Å². The monoisotopic (exact) mass is 396 g/mol. The van der Waals surface area contributed by atoms with Gasteiger partial charge in [0.2, 0.25) is 5.91 Å². The first kappa shape index (κ1) is 18.8. The zero-order chi connectivity index (χ0) is 19.3. The number of rotatable bonds is 6. The summed E-state index contributed by atoms with van der Waals surface area (Å²) in [7, 11) is 0. The summed E-state index contributed by atoms with van der Waals surface area (Å²) in [5.74, 6) is 1.23. The molecule has 2 aromatic heterocycles. The van der Waals surface area contributed by atoms with Crippen molar-refractivity contribution in [2.24, 2.45) is 5.92 Å². The first-order valence-corrected chi connectivity index (χ1v) is 10.5. The highest BCUT2D eigenvalue weighted by Gasteiger charge is 2.28. The number of hydrogen-bond donors (Lipinski definition) is 1. The lowest BCUT2D eigenvalue weighted by atomic mass is 9.90. The summed E-state index contributed by atoms with van der Waals surface area (Å²) < 4.78 is 5.66. The Morgan fingerprint density at radius 3 is 2.71 bits per heavy atom. The highest BCUT2D eigenvalue weighted by atomic mass is 32.2. The number of aromatic nitrogens is 3. The van der Waals surface area contributed by atoms with Crippen LogP contribution in [0.1, 0.15) is 25.3 Å². The molecule has 1 aliphatic heterocycles. The molecule has 1 aliphatic rings. The van der Waals surface area contributed by atoms with E-state index in [-0.39, 0.29) is 11.2 Å². The number of nitrogens with zero attached hydrogens (tertiary/aromatic N) is 3. The number of hydrogen-bond acceptors (Lipinski definition) is 5. The molecule has 0 saturated carbocycles. The summed E-state index contributed by atoms with van der Waals surface area (Å²) in [4.78, 5) is 17.8. The smallest absolute Gasteiger partial charge is 0.277 e. The van der Waals surface area contributed by atoms with E-state index in [9.17, 15) is 4.79 Å². The number of amides is 1. The third-order valence-electron chi connectivity index (χ3n) is 5.15. The van der Waals surface area contributed by atoms with Crippen molar-refractivity contribution in [3.8, 4) is 11.6 Å². The maximum atomic E-state index is 12.8. The maximum absolute atomic E-state index is 12.8. The fourth-order valence-electron chi connectivity index (χ4n) is 3.59. The summed E-state index contributed by atoms with van der Waals surface area (Å²) in [5, 5.41) is 8.27. The van der Waals surface area contributed by atoms with E-state index in [0.29, 0.717) is 17.0 Å². The van der Waals surface area contributed by atoms with Crippen molar-refractivity contribution in [1.29, 1.82) is 0 Å². The lowest BCUT2D eigenvalue weighted by Gasteiger charge is -2.33. The number of aromatic amines is 1. The molecule has 1 fully saturated rings. The number of carbonyl (C=O) groups excluding carboxylic acids is 1. The standard InChI is InChI=1S/C21H24N4O2S/c1-15(28-21-24-23-19(27-21)18-8-5-11-22-18)20(26)25-12-9-17(10-13-25)14-16-6-3-2-4-7-16/h2-8,11,15,17,22H,9-10,12-14H2,1H3/t15-/m1/s1. The van der Waals surface area contributed by atoms with Crippen LogP contribution >= 0.6 is 11.8 Å². The fourth-order valence-corrected chi connectivity index (χ4v) is 4.36. The van der Waals surface area contributed by atoms with Gasteiger partial charge in [-0.3, -0.25) is 4.79 Å². The second kappa shape index (κ2) is 8.65. The van der Waals surface area contributed by atoms with Gasteiger partial charge in [0, 0.05) is 19.3 Å². The van der Waals surface area contributed by atoms with Gasteiger partial charge >= 0.3 is 0 Å². The Morgan fingerprint density at radius 2 is 2.00 bits per heavy atom. The summed E-state index contributed by atoms with van der Waals surface area (Å²) in [6, 6.07) is 14.3. The number of carbonyl (C=O) groups is 1. The van der Waals surface area contributed by atoms with Crippen molar-refractivity contribution >= 4 is 17.7 Å². The van der Waals surface area contributed by atoms with Crippen LogP contribution in [0.2, 0.25) is 0 Å². The predicted octanol–water partition coefficient (Wildman–Crippen LogP) is 4.03. The van der Waals surface area contributed by atoms with Crippen molar-refractivity contribution in [3.63, 3.8) is 0 Å². The predicted molar refractivity (Wildman–Crippen MR) is 109 cm³/mol. The summed E-state index contributed by atoms with van der Waals surface area (Å²) in [5.41, 5.74) is 2.16. The molecule has 3 heterocycles. The number of thioether (sulfide) groups is 1. The zero-order valence-electron chi connectivity index (χ0n) is 15.9. The molecule has 1 atom stereocenters. The first-order chi connectivity index (χ1) is 13.7. The average molecular weight is 397 g/mol. The van der Waals surface area contributed by atoms with Crippen molar-refractivity contribution in [1.82, 2.24) is 20.1 Å². The molecule has 146 valence electrons. The van der Waals surface area contributed by atoms with E-state index in [2.05, 4.69) is 39.4 Å². The highest BCUT2D eigenvalue weighted by molar-refractivity contribution is 8.00. The largest absolute Gasteiger partial charge is 0.410 e. The molecule has 0 aliphatic carbocycles. The van der Waals surface area contributed by atoms with Gasteiger partial charge in [0.1, 0.15) is 5.69 Å². The molecule has 3 aromatic rings. The first-order valence-electron chi connectivity index (χ1n) is 9.65. The normalized spacial score (nSPS) is 16.2. The molecule has 1 saturated heterocycles. The molecular weight excluding hydrogens is 372 g/mol. The van der Waals surface area contributed by atoms with Gasteiger partial charge in [0.05, 0.1) is 5.25 Å². The lowest BCUT2D eigenvalue weighted by molar-refractivity contribution is -0.131. The summed E-state index contributed by atoms with van der Waals surface area (Å²) >= 11 is 1.32. The van der Waals surface area contributed by atoms with Crippen molar-refractivity contribution in [2.45, 2.75) is 36.7 Å². The Hall–Kier alpha value is -2.54. The molecule has 28 heavy (non-hydrogen) atoms. The molecule has 1 N–H and O–H groups in total. The summed E-state index contributed by atoms with van der Waals surface area (Å²) in [6.45, 7) is 3.54. The van der Waals surface area contributed by atoms with Crippen molar-refractivity contribution < 1.29 is 9.21 Å². The van der Waals surface area contributed by atoms with Crippen LogP contribution in [0.5, 0.6) is 0 Å². The summed E-state index contributed by atoms with van der Waals surface area (Å²) in [6.07, 6.45) is 5.00. The van der Waals surface area contributed by atoms with Crippen LogP contribution in [0, 0.1) is 5.92 Å². The van der Waals surface area contributed by atoms with Crippen LogP contribution in [0.3, 0.4) is 0 Å². The van der Waals surface area contributed by atoms with Crippen LogP contribution in [0.4, 0.5) is 0 Å². The van der Waals surface area contributed by atoms with Crippen molar-refractivity contribution in [2.75, 3.05) is 13.1 Å². The number of likely N-dealkylation sites (tertiary alicyclic amines) is 1. The van der Waals surface area contributed by atoms with Gasteiger partial charge in [-0.25, -0.2) is 0 Å². The fraction of sp³-hybridized carbons (Fsp3) is 0.381. The van der Waals surface area contributed by atoms with E-state index in [1.807, 2.05) is 30.0 Å². The van der Waals surface area contributed by atoms with Gasteiger partial charge in [-0.1, -0.05) is 42.1 Å². The minimum absolute atomic E-state index is 0.141. The van der Waals surface area contributed by atoms with E-state index in [1.165, 1.54) is 17.3 Å². The molecule has 4 rings (SSSR count). The minimum atomic E-state index is -0.248. The molecule has 7 heteroatoms. The Bertz CT molecular complexity index is 886. The molecule has 1 amide bonds. The van der Waals surface area contributed by atoms with Gasteiger partial charge in [0.15, 0.2) is 0 Å². The van der Waals surface area contributed by atoms with Gasteiger partial charge < -0.3 is 14.3 Å². The lowest BCUT2D eigenvalue weighted by Crippen LogP contribution is -2.42. The molecule has 1 aromatic carbocycles. The second-order valence-electron chi connectivity index (χ2n) is 7.18. The van der Waals surface area contributed by atoms with Gasteiger partial charge in [-0.15, -0.1) is 10.2 Å². The maximum Gasteiger partial charge on any atom is 0.277 e. The molecule has 0 bridgehead atoms. The number of nitrogens with one attached hydrogen (secondary N) is 1. The molecule has 0 radical (unpaired) electrons. The third-order valence-corrected chi connectivity index (χ3v) is 6.08. The Morgan fingerprint density at radius 1 is 1.21 bits per heavy atom. The van der Waals surface area contributed by atoms with Gasteiger partial charge in [0.25, 0.3) is 11.1 Å². The number of piperidine rings is 1. The Kier molecular flexibility index (Phi) is 5.81. The van der Waals surface area contributed by atoms with E-state index in [1.54, 1.807) is 6.20 Å². The van der Waals surface area contributed by atoms with E-state index in [0.717, 1.165) is 38.0 Å². The SMILES string of the molecule is C[C@@H](Sc1nnc(-c2ccc[nH]2)o1)C(=O)N1CCC(Cc2ccccc2)CC1. The molecule has 0 spiro atoms. The van der Waals surface area contributed by atoms with Crippen LogP contribution in [-0.2, 0) is 11.2 Å². The third kappa shape index (κ3) is 4.47. The molecule has 0 unspecified atom stereocenters. The van der Waals surface area contributed by atoms with E-state index in [4.69, 9.17) is 4.42 Å². The Labute approximate surface area is 168 Å². The number of H-pyrrole nitrogens is 1. The Balaban J connectivity index is 1.28. The minimum Gasteiger partial charge on any atom is -0.410 e. The number of benzene rings is 1. The van der Waals surface area contributed by atoms with Crippen LogP contribution < -0.4 is 0 Å². The average Bonchev–Trinajstić information content (AvgIpc) is 3.40. The zero-order valence-corrected chi connectivity index (χ0v) is 16.7. The van der Waals surface area contributed by atoms with Gasteiger partial charge in [-0.05, 0) is 49.8 Å². The van der Waals surface area contributed by atoms with Crippen LogP contribution in [0.25, 0.3) is 11.6 Å². The highest BCUT2D eigenvalue weighted by Crippen LogP contribution is 2.28. The van der Waals surface area contributed by atoms with Crippen molar-refractivity contribution in [3.05, 3.63) is 54.2 Å². The second-order valence-corrected chi connectivity index (χ2v) is 8.47. The molecular formula is C21H24N4O2S. The van der Waals surface area contributed by atoms with E-state index >= 15 is 0 Å².